The van der Waals surface area contributed by atoms with Gasteiger partial charge in [0.05, 0.1) is 0 Å². The van der Waals surface area contributed by atoms with Gasteiger partial charge in [-0.3, -0.25) is 6.08 Å². The maximum atomic E-state index is 2.99. The van der Waals surface area contributed by atoms with Gasteiger partial charge in [0, 0.05) is 10.8 Å². The Morgan fingerprint density at radius 1 is 0.721 bits per heavy atom. The molecule has 0 aliphatic heterocycles. The fourth-order valence-corrected chi connectivity index (χ4v) is 11.1. The molecule has 0 spiro atoms. The summed E-state index contributed by atoms with van der Waals surface area (Å²) in [5.74, 6) is 0.460. The molecule has 7 aliphatic rings. The molecule has 7 rings (SSSR count). The van der Waals surface area contributed by atoms with Gasteiger partial charge in [0.1, 0.15) is 0 Å². The van der Waals surface area contributed by atoms with Crippen LogP contribution in [0.3, 0.4) is 0 Å². The molecule has 3 fully saturated rings. The summed E-state index contributed by atoms with van der Waals surface area (Å²) >= 11 is 2.28. The minimum atomic E-state index is 0. The SMILES string of the molecule is CC1=CC=CC2[CH-]C3(C)C4(C)C=CC=CC4(C)C4(C)C=CC=CC4(C)C3(C)C12C.[C-]1=CC=CC1.[Cl-].[Cl-].[Ti+2]=[C]1CCCCC1. The topological polar surface area (TPSA) is 0 Å². The number of hydrogen-bond donors (Lipinski definition) is 0. The molecule has 43 heavy (non-hydrogen) atoms. The van der Waals surface area contributed by atoms with Crippen LogP contribution in [0.4, 0.5) is 0 Å². The van der Waals surface area contributed by atoms with E-state index in [4.69, 9.17) is 0 Å². The van der Waals surface area contributed by atoms with Crippen molar-refractivity contribution < 1.29 is 44.8 Å². The van der Waals surface area contributed by atoms with E-state index in [1.165, 1.54) is 37.7 Å². The molecule has 0 nitrogen and oxygen atoms in total. The normalized spacial score (nSPS) is 45.6. The first-order valence-corrected chi connectivity index (χ1v) is 16.8. The van der Waals surface area contributed by atoms with E-state index >= 15 is 0 Å². The molecule has 7 aliphatic carbocycles. The Kier molecular flexibility index (Phi) is 10.8. The Morgan fingerprint density at radius 2 is 1.26 bits per heavy atom. The van der Waals surface area contributed by atoms with Crippen molar-refractivity contribution in [3.05, 3.63) is 103 Å². The number of allylic oxidation sites excluding steroid dienone is 16. The van der Waals surface area contributed by atoms with Crippen LogP contribution in [0.25, 0.3) is 0 Å². The Bertz CT molecular complexity index is 1310. The van der Waals surface area contributed by atoms with E-state index in [0.717, 1.165) is 6.42 Å². The first-order valence-electron chi connectivity index (χ1n) is 16.0. The van der Waals surface area contributed by atoms with Crippen LogP contribution in [0, 0.1) is 56.3 Å². The van der Waals surface area contributed by atoms with Crippen LogP contribution in [0.2, 0.25) is 0 Å². The summed E-state index contributed by atoms with van der Waals surface area (Å²) in [5.41, 5.74) is 1.73. The van der Waals surface area contributed by atoms with Gasteiger partial charge < -0.3 is 31.2 Å². The first-order chi connectivity index (χ1) is 19.3. The molecule has 0 bridgehead atoms. The molecule has 232 valence electrons. The third-order valence-electron chi connectivity index (χ3n) is 14.1. The van der Waals surface area contributed by atoms with Gasteiger partial charge >= 0.3 is 55.9 Å². The molecule has 3 saturated carbocycles. The quantitative estimate of drug-likeness (QED) is 0.265. The van der Waals surface area contributed by atoms with Gasteiger partial charge in [-0.05, 0) is 28.6 Å². The molecule has 0 aromatic rings. The average Bonchev–Trinajstić information content (AvgIpc) is 3.60. The Morgan fingerprint density at radius 3 is 1.72 bits per heavy atom. The van der Waals surface area contributed by atoms with Crippen LogP contribution in [-0.2, 0) is 20.0 Å². The van der Waals surface area contributed by atoms with Crippen LogP contribution >= 0.6 is 0 Å². The van der Waals surface area contributed by atoms with Gasteiger partial charge in [-0.2, -0.15) is 6.08 Å². The fourth-order valence-electron chi connectivity index (χ4n) is 10.6. The maximum absolute atomic E-state index is 2.99. The summed E-state index contributed by atoms with van der Waals surface area (Å²) in [6.45, 7) is 20.3. The molecule has 8 atom stereocenters. The molecule has 0 aromatic heterocycles. The number of hydrogen-bond acceptors (Lipinski definition) is 0. The summed E-state index contributed by atoms with van der Waals surface area (Å²) in [7, 11) is 0. The molecule has 0 N–H and O–H groups in total. The van der Waals surface area contributed by atoms with Crippen molar-refractivity contribution in [2.45, 2.75) is 93.9 Å². The molecule has 0 heterocycles. The van der Waals surface area contributed by atoms with E-state index in [-0.39, 0.29) is 62.7 Å². The van der Waals surface area contributed by atoms with Gasteiger partial charge in [-0.25, -0.2) is 12.2 Å². The molecule has 3 heteroatoms. The third-order valence-corrected chi connectivity index (χ3v) is 14.9. The van der Waals surface area contributed by atoms with E-state index in [1.54, 1.807) is 3.81 Å². The predicted molar refractivity (Wildman–Crippen MR) is 174 cm³/mol. The fraction of sp³-hybridized carbons (Fsp3) is 0.550. The predicted octanol–water partition coefficient (Wildman–Crippen LogP) is 4.63. The van der Waals surface area contributed by atoms with Crippen molar-refractivity contribution in [2.24, 2.45) is 43.8 Å². The summed E-state index contributed by atoms with van der Waals surface area (Å²) in [5, 5.41) is 0. The van der Waals surface area contributed by atoms with Crippen molar-refractivity contribution in [1.82, 2.24) is 0 Å². The van der Waals surface area contributed by atoms with Crippen molar-refractivity contribution in [3.63, 3.8) is 0 Å². The van der Waals surface area contributed by atoms with E-state index in [1.807, 2.05) is 12.2 Å². The van der Waals surface area contributed by atoms with E-state index in [2.05, 4.69) is 161 Å². The summed E-state index contributed by atoms with van der Waals surface area (Å²) in [6, 6.07) is 0. The second-order valence-corrected chi connectivity index (χ2v) is 16.0. The van der Waals surface area contributed by atoms with Gasteiger partial charge in [0.25, 0.3) is 0 Å². The van der Waals surface area contributed by atoms with Crippen LogP contribution in [0.15, 0.2) is 90.6 Å². The molecule has 0 aromatic carbocycles. The first kappa shape index (κ1) is 36.6. The van der Waals surface area contributed by atoms with Crippen LogP contribution in [0.5, 0.6) is 0 Å². The minimum absolute atomic E-state index is 0. The van der Waals surface area contributed by atoms with Gasteiger partial charge in [-0.15, -0.1) is 23.8 Å². The van der Waals surface area contributed by atoms with Crippen LogP contribution in [0.1, 0.15) is 93.9 Å². The average molecular weight is 652 g/mol. The summed E-state index contributed by atoms with van der Waals surface area (Å²) in [4.78, 5) is 0. The summed E-state index contributed by atoms with van der Waals surface area (Å²) < 4.78 is 1.71. The number of fused-ring (bicyclic) bond motifs is 8. The van der Waals surface area contributed by atoms with Crippen molar-refractivity contribution in [1.29, 1.82) is 0 Å². The second kappa shape index (κ2) is 12.7. The number of rotatable bonds is 0. The third kappa shape index (κ3) is 4.66. The van der Waals surface area contributed by atoms with Crippen LogP contribution < -0.4 is 24.8 Å². The molecule has 0 amide bonds. The monoisotopic (exact) mass is 650 g/mol. The zero-order valence-corrected chi connectivity index (χ0v) is 30.8. The van der Waals surface area contributed by atoms with Crippen molar-refractivity contribution in [2.75, 3.05) is 0 Å². The zero-order valence-electron chi connectivity index (χ0n) is 27.7. The second-order valence-electron chi connectivity index (χ2n) is 14.9. The van der Waals surface area contributed by atoms with Gasteiger partial charge in [0.2, 0.25) is 0 Å². The molecule has 8 unspecified atom stereocenters. The van der Waals surface area contributed by atoms with Crippen molar-refractivity contribution >= 4 is 3.81 Å². The van der Waals surface area contributed by atoms with Crippen LogP contribution in [-0.4, -0.2) is 3.81 Å². The van der Waals surface area contributed by atoms with Gasteiger partial charge in [-0.1, -0.05) is 115 Å². The molecular weight excluding hydrogens is 599 g/mol. The standard InChI is InChI=1S/C29H37.C6H10.C5H5.2ClH.Ti/c1-21-14-13-15-22-20-27(6)25(4)18-10-9-16-23(25,2)24(3)17-11-12-19-26(24,5)29(27,8)28(21,22)7;1-2-4-6-5-3-1;1-2-4-5-3-1;;;/h9-20,22H,1-8H3;1-5H2;1-3H,4H2;2*1H;/q-1;;-1;;;+2/p-2. The Balaban J connectivity index is 0.000000302. The molecular formula is C40H52Cl2Ti-2. The van der Waals surface area contributed by atoms with E-state index in [9.17, 15) is 0 Å². The zero-order chi connectivity index (χ0) is 29.8. The Hall–Kier alpha value is -0.916. The summed E-state index contributed by atoms with van der Waals surface area (Å²) in [6.07, 6.45) is 46.4. The van der Waals surface area contributed by atoms with E-state index in [0.29, 0.717) is 5.92 Å². The number of halogens is 2. The van der Waals surface area contributed by atoms with Crippen molar-refractivity contribution in [3.8, 4) is 0 Å². The Labute approximate surface area is 287 Å². The van der Waals surface area contributed by atoms with E-state index < -0.39 is 0 Å². The molecule has 0 radical (unpaired) electrons. The molecule has 0 saturated heterocycles. The van der Waals surface area contributed by atoms with Gasteiger partial charge in [0.15, 0.2) is 0 Å².